The number of carbonyl (C=O) groups excluding carboxylic acids is 2. The molecule has 0 fully saturated rings. The molecule has 6 nitrogen and oxygen atoms in total. The zero-order valence-corrected chi connectivity index (χ0v) is 14.4. The van der Waals surface area contributed by atoms with Crippen LogP contribution in [0.25, 0.3) is 0 Å². The second-order valence-electron chi connectivity index (χ2n) is 5.67. The largest absolute Gasteiger partial charge is 0.507 e. The van der Waals surface area contributed by atoms with E-state index < -0.39 is 18.1 Å². The number of phenolic OH excluding ortho intramolecular Hbond substituents is 1. The van der Waals surface area contributed by atoms with Crippen molar-refractivity contribution in [3.05, 3.63) is 64.7 Å². The Morgan fingerprint density at radius 2 is 1.72 bits per heavy atom. The van der Waals surface area contributed by atoms with Crippen LogP contribution in [-0.4, -0.2) is 24.3 Å². The summed E-state index contributed by atoms with van der Waals surface area (Å²) >= 11 is 0. The third-order valence-corrected chi connectivity index (χ3v) is 3.76. The lowest BCUT2D eigenvalue weighted by molar-refractivity contribution is -0.143. The molecular formula is C19H21NO5. The molecule has 132 valence electrons. The van der Waals surface area contributed by atoms with E-state index in [9.17, 15) is 14.7 Å². The molecule has 6 heteroatoms. The first-order chi connectivity index (χ1) is 11.9. The van der Waals surface area contributed by atoms with E-state index in [4.69, 9.17) is 9.47 Å². The van der Waals surface area contributed by atoms with Gasteiger partial charge in [0, 0.05) is 0 Å². The van der Waals surface area contributed by atoms with E-state index in [-0.39, 0.29) is 12.4 Å². The van der Waals surface area contributed by atoms with Crippen LogP contribution < -0.4 is 5.32 Å². The fourth-order valence-electron chi connectivity index (χ4n) is 2.43. The molecular weight excluding hydrogens is 322 g/mol. The van der Waals surface area contributed by atoms with Crippen LogP contribution in [0.1, 0.15) is 28.3 Å². The van der Waals surface area contributed by atoms with Crippen LogP contribution in [0.2, 0.25) is 0 Å². The predicted octanol–water partition coefficient (Wildman–Crippen LogP) is 3.15. The smallest absolute Gasteiger partial charge is 0.408 e. The fourth-order valence-corrected chi connectivity index (χ4v) is 2.43. The molecule has 2 aromatic rings. The van der Waals surface area contributed by atoms with E-state index in [0.717, 1.165) is 5.56 Å². The number of phenols is 1. The lowest BCUT2D eigenvalue weighted by Crippen LogP contribution is -2.35. The Labute approximate surface area is 146 Å². The van der Waals surface area contributed by atoms with Gasteiger partial charge in [-0.2, -0.15) is 0 Å². The van der Waals surface area contributed by atoms with Crippen molar-refractivity contribution in [3.63, 3.8) is 0 Å². The number of amides is 1. The first-order valence-electron chi connectivity index (χ1n) is 7.77. The summed E-state index contributed by atoms with van der Waals surface area (Å²) in [6.07, 6.45) is -0.734. The Morgan fingerprint density at radius 3 is 2.28 bits per heavy atom. The van der Waals surface area contributed by atoms with Gasteiger partial charge in [0.1, 0.15) is 12.4 Å². The molecule has 1 amide bonds. The van der Waals surface area contributed by atoms with E-state index in [1.54, 1.807) is 26.0 Å². The third-order valence-electron chi connectivity index (χ3n) is 3.76. The summed E-state index contributed by atoms with van der Waals surface area (Å²) < 4.78 is 9.92. The van der Waals surface area contributed by atoms with E-state index >= 15 is 0 Å². The molecule has 2 N–H and O–H groups in total. The van der Waals surface area contributed by atoms with Gasteiger partial charge in [0.15, 0.2) is 6.04 Å². The number of aromatic hydroxyl groups is 1. The number of ether oxygens (including phenoxy) is 2. The zero-order chi connectivity index (χ0) is 18.4. The van der Waals surface area contributed by atoms with Crippen molar-refractivity contribution in [2.45, 2.75) is 26.5 Å². The molecule has 2 rings (SSSR count). The molecule has 0 spiro atoms. The monoisotopic (exact) mass is 343 g/mol. The Hall–Kier alpha value is -3.02. The number of aryl methyl sites for hydroxylation is 2. The van der Waals surface area contributed by atoms with Crippen molar-refractivity contribution in [1.82, 2.24) is 5.32 Å². The standard InChI is InChI=1S/C19H21NO5/c1-12-9-15(10-13(2)17(12)21)16(18(22)24-3)20-19(23)25-11-14-7-5-4-6-8-14/h4-10,16,21H,11H2,1-3H3,(H,20,23). The fraction of sp³-hybridized carbons (Fsp3) is 0.263. The Balaban J connectivity index is 2.12. The van der Waals surface area contributed by atoms with Crippen LogP contribution in [-0.2, 0) is 20.9 Å². The summed E-state index contributed by atoms with van der Waals surface area (Å²) in [6, 6.07) is 11.4. The molecule has 0 aliphatic heterocycles. The van der Waals surface area contributed by atoms with Crippen LogP contribution in [0.4, 0.5) is 4.79 Å². The van der Waals surface area contributed by atoms with Gasteiger partial charge >= 0.3 is 12.1 Å². The SMILES string of the molecule is COC(=O)C(NC(=O)OCc1ccccc1)c1cc(C)c(O)c(C)c1. The molecule has 0 radical (unpaired) electrons. The lowest BCUT2D eigenvalue weighted by Gasteiger charge is -2.18. The van der Waals surface area contributed by atoms with Crippen molar-refractivity contribution in [2.24, 2.45) is 0 Å². The van der Waals surface area contributed by atoms with E-state index in [1.807, 2.05) is 30.3 Å². The van der Waals surface area contributed by atoms with E-state index in [1.165, 1.54) is 7.11 Å². The molecule has 0 bridgehead atoms. The number of hydrogen-bond acceptors (Lipinski definition) is 5. The minimum absolute atomic E-state index is 0.0915. The Kier molecular flexibility index (Phi) is 6.00. The van der Waals surface area contributed by atoms with Gasteiger partial charge in [0.2, 0.25) is 0 Å². The second kappa shape index (κ2) is 8.19. The summed E-state index contributed by atoms with van der Waals surface area (Å²) in [5.41, 5.74) is 2.55. The summed E-state index contributed by atoms with van der Waals surface area (Å²) in [6.45, 7) is 3.52. The topological polar surface area (TPSA) is 84.9 Å². The summed E-state index contributed by atoms with van der Waals surface area (Å²) in [5, 5.41) is 12.4. The summed E-state index contributed by atoms with van der Waals surface area (Å²) in [7, 11) is 1.24. The molecule has 0 saturated carbocycles. The number of hydrogen-bond donors (Lipinski definition) is 2. The Bertz CT molecular complexity index is 735. The van der Waals surface area contributed by atoms with Crippen LogP contribution in [0.5, 0.6) is 5.75 Å². The molecule has 25 heavy (non-hydrogen) atoms. The zero-order valence-electron chi connectivity index (χ0n) is 14.4. The first-order valence-corrected chi connectivity index (χ1v) is 7.77. The number of carbonyl (C=O) groups is 2. The van der Waals surface area contributed by atoms with Crippen LogP contribution in [0, 0.1) is 13.8 Å². The predicted molar refractivity (Wildman–Crippen MR) is 92.1 cm³/mol. The number of methoxy groups -OCH3 is 1. The van der Waals surface area contributed by atoms with Crippen molar-refractivity contribution in [3.8, 4) is 5.75 Å². The highest BCUT2D eigenvalue weighted by molar-refractivity contribution is 5.83. The van der Waals surface area contributed by atoms with Crippen LogP contribution >= 0.6 is 0 Å². The molecule has 0 aliphatic carbocycles. The number of benzene rings is 2. The maximum absolute atomic E-state index is 12.1. The maximum Gasteiger partial charge on any atom is 0.408 e. The van der Waals surface area contributed by atoms with E-state index in [2.05, 4.69) is 5.32 Å². The number of alkyl carbamates (subject to hydrolysis) is 1. The highest BCUT2D eigenvalue weighted by Crippen LogP contribution is 2.26. The lowest BCUT2D eigenvalue weighted by atomic mass is 10.0. The minimum atomic E-state index is -1.02. The molecule has 0 aliphatic rings. The summed E-state index contributed by atoms with van der Waals surface area (Å²) in [4.78, 5) is 24.1. The molecule has 0 saturated heterocycles. The summed E-state index contributed by atoms with van der Waals surface area (Å²) in [5.74, 6) is -0.472. The average Bonchev–Trinajstić information content (AvgIpc) is 2.62. The second-order valence-corrected chi connectivity index (χ2v) is 5.67. The molecule has 1 unspecified atom stereocenters. The van der Waals surface area contributed by atoms with Gasteiger partial charge in [-0.1, -0.05) is 30.3 Å². The normalized spacial score (nSPS) is 11.5. The van der Waals surface area contributed by atoms with Crippen molar-refractivity contribution >= 4 is 12.1 Å². The maximum atomic E-state index is 12.1. The van der Waals surface area contributed by atoms with Gasteiger partial charge in [0.25, 0.3) is 0 Å². The van der Waals surface area contributed by atoms with Gasteiger partial charge in [-0.25, -0.2) is 9.59 Å². The highest BCUT2D eigenvalue weighted by Gasteiger charge is 2.25. The van der Waals surface area contributed by atoms with Crippen LogP contribution in [0.3, 0.4) is 0 Å². The molecule has 2 aromatic carbocycles. The van der Waals surface area contributed by atoms with Crippen molar-refractivity contribution in [2.75, 3.05) is 7.11 Å². The van der Waals surface area contributed by atoms with Gasteiger partial charge < -0.3 is 19.9 Å². The highest BCUT2D eigenvalue weighted by atomic mass is 16.6. The van der Waals surface area contributed by atoms with E-state index in [0.29, 0.717) is 16.7 Å². The van der Waals surface area contributed by atoms with Gasteiger partial charge in [-0.05, 0) is 48.2 Å². The molecule has 0 aromatic heterocycles. The minimum Gasteiger partial charge on any atom is -0.507 e. The number of rotatable bonds is 5. The van der Waals surface area contributed by atoms with Gasteiger partial charge in [0.05, 0.1) is 7.11 Å². The molecule has 1 atom stereocenters. The van der Waals surface area contributed by atoms with Crippen LogP contribution in [0.15, 0.2) is 42.5 Å². The van der Waals surface area contributed by atoms with Gasteiger partial charge in [-0.3, -0.25) is 0 Å². The number of esters is 1. The van der Waals surface area contributed by atoms with Crippen molar-refractivity contribution < 1.29 is 24.2 Å². The Morgan fingerprint density at radius 1 is 1.12 bits per heavy atom. The third kappa shape index (κ3) is 4.73. The number of nitrogens with one attached hydrogen (secondary N) is 1. The quantitative estimate of drug-likeness (QED) is 0.815. The first kappa shape index (κ1) is 18.3. The van der Waals surface area contributed by atoms with Crippen molar-refractivity contribution in [1.29, 1.82) is 0 Å². The molecule has 0 heterocycles. The van der Waals surface area contributed by atoms with Gasteiger partial charge in [-0.15, -0.1) is 0 Å². The average molecular weight is 343 g/mol.